The van der Waals surface area contributed by atoms with Gasteiger partial charge in [0.1, 0.15) is 0 Å². The molecule has 0 saturated carbocycles. The number of carbonyl (C=O) groups excluding carboxylic acids is 2. The van der Waals surface area contributed by atoms with Crippen LogP contribution in [-0.2, 0) is 14.3 Å². The molecule has 2 saturated heterocycles. The number of carbonyl (C=O) groups is 2. The molecule has 2 heterocycles. The molecule has 1 atom stereocenters. The van der Waals surface area contributed by atoms with Crippen molar-refractivity contribution in [1.29, 1.82) is 0 Å². The maximum Gasteiger partial charge on any atom is 0.228 e. The molecule has 0 spiro atoms. The van der Waals surface area contributed by atoms with E-state index in [-0.39, 0.29) is 23.3 Å². The lowest BCUT2D eigenvalue weighted by molar-refractivity contribution is -0.151. The second-order valence-corrected chi connectivity index (χ2v) is 8.62. The summed E-state index contributed by atoms with van der Waals surface area (Å²) in [6.45, 7) is 14.8. The van der Waals surface area contributed by atoms with Gasteiger partial charge in [-0.2, -0.15) is 0 Å². The van der Waals surface area contributed by atoms with Gasteiger partial charge in [0.25, 0.3) is 0 Å². The Hall–Kier alpha value is -1.14. The first-order valence-electron chi connectivity index (χ1n) is 9.02. The van der Waals surface area contributed by atoms with Crippen molar-refractivity contribution in [2.24, 2.45) is 10.8 Å². The number of amides is 2. The van der Waals surface area contributed by atoms with Crippen LogP contribution in [0, 0.1) is 10.8 Å². The maximum absolute atomic E-state index is 12.8. The Morgan fingerprint density at radius 2 is 1.62 bits per heavy atom. The maximum atomic E-state index is 12.8. The number of nitrogens with one attached hydrogen (secondary N) is 1. The molecule has 138 valence electrons. The van der Waals surface area contributed by atoms with E-state index in [1.54, 1.807) is 0 Å². The van der Waals surface area contributed by atoms with Gasteiger partial charge in [-0.15, -0.1) is 0 Å². The molecule has 0 aromatic carbocycles. The first-order chi connectivity index (χ1) is 11.1. The molecule has 2 fully saturated rings. The highest BCUT2D eigenvalue weighted by Crippen LogP contribution is 2.29. The summed E-state index contributed by atoms with van der Waals surface area (Å²) in [5, 5.41) is 3.27. The molecule has 2 aliphatic rings. The normalized spacial score (nSPS) is 23.3. The Balaban J connectivity index is 1.95. The van der Waals surface area contributed by atoms with E-state index >= 15 is 0 Å². The van der Waals surface area contributed by atoms with Gasteiger partial charge >= 0.3 is 0 Å². The lowest BCUT2D eigenvalue weighted by atomic mass is 9.84. The van der Waals surface area contributed by atoms with Crippen LogP contribution < -0.4 is 5.32 Å². The van der Waals surface area contributed by atoms with Crippen LogP contribution in [0.4, 0.5) is 0 Å². The molecule has 2 aliphatic heterocycles. The van der Waals surface area contributed by atoms with Crippen LogP contribution in [0.1, 0.15) is 41.0 Å². The summed E-state index contributed by atoms with van der Waals surface area (Å²) in [5.74, 6) is 0.342. The molecule has 24 heavy (non-hydrogen) atoms. The molecular formula is C18H33N3O3. The lowest BCUT2D eigenvalue weighted by Crippen LogP contribution is -2.53. The Kier molecular flexibility index (Phi) is 5.91. The highest BCUT2D eigenvalue weighted by molar-refractivity contribution is 5.82. The standard InChI is InChI=1S/C18H33N3O3/c1-17(2,3)15(22)21-10-11-24-14(13-21)12-18(4,5)16(23)20-8-6-19-7-9-20/h14,19H,6-13H2,1-5H3. The van der Waals surface area contributed by atoms with Crippen molar-refractivity contribution in [3.8, 4) is 0 Å². The van der Waals surface area contributed by atoms with Crippen molar-refractivity contribution in [3.05, 3.63) is 0 Å². The van der Waals surface area contributed by atoms with Crippen molar-refractivity contribution in [2.45, 2.75) is 47.1 Å². The minimum absolute atomic E-state index is 0.0769. The van der Waals surface area contributed by atoms with Crippen molar-refractivity contribution in [3.63, 3.8) is 0 Å². The number of nitrogens with zero attached hydrogens (tertiary/aromatic N) is 2. The van der Waals surface area contributed by atoms with Crippen LogP contribution in [0.15, 0.2) is 0 Å². The molecule has 0 bridgehead atoms. The minimum atomic E-state index is -0.476. The molecule has 2 amide bonds. The van der Waals surface area contributed by atoms with E-state index in [2.05, 4.69) is 5.32 Å². The summed E-state index contributed by atoms with van der Waals surface area (Å²) in [7, 11) is 0. The van der Waals surface area contributed by atoms with E-state index in [0.717, 1.165) is 26.2 Å². The van der Waals surface area contributed by atoms with Gasteiger partial charge in [-0.25, -0.2) is 0 Å². The fourth-order valence-electron chi connectivity index (χ4n) is 3.45. The topological polar surface area (TPSA) is 61.9 Å². The second kappa shape index (κ2) is 7.40. The summed E-state index contributed by atoms with van der Waals surface area (Å²) in [4.78, 5) is 29.2. The highest BCUT2D eigenvalue weighted by atomic mass is 16.5. The van der Waals surface area contributed by atoms with Crippen molar-refractivity contribution < 1.29 is 14.3 Å². The molecule has 0 aliphatic carbocycles. The zero-order chi connectivity index (χ0) is 18.0. The molecule has 6 heteroatoms. The van der Waals surface area contributed by atoms with Crippen LogP contribution in [0.25, 0.3) is 0 Å². The van der Waals surface area contributed by atoms with Crippen molar-refractivity contribution >= 4 is 11.8 Å². The number of hydrogen-bond donors (Lipinski definition) is 1. The molecule has 0 aromatic heterocycles. The Bertz CT molecular complexity index is 465. The number of rotatable bonds is 3. The van der Waals surface area contributed by atoms with Gasteiger partial charge in [0, 0.05) is 50.1 Å². The van der Waals surface area contributed by atoms with E-state index in [9.17, 15) is 9.59 Å². The minimum Gasteiger partial charge on any atom is -0.375 e. The summed E-state index contributed by atoms with van der Waals surface area (Å²) < 4.78 is 5.87. The van der Waals surface area contributed by atoms with Crippen LogP contribution in [0.2, 0.25) is 0 Å². The molecule has 0 radical (unpaired) electrons. The monoisotopic (exact) mass is 339 g/mol. The van der Waals surface area contributed by atoms with E-state index in [1.165, 1.54) is 0 Å². The zero-order valence-corrected chi connectivity index (χ0v) is 15.9. The molecule has 6 nitrogen and oxygen atoms in total. The van der Waals surface area contributed by atoms with Crippen LogP contribution in [-0.4, -0.2) is 73.6 Å². The number of hydrogen-bond acceptors (Lipinski definition) is 4. The fourth-order valence-corrected chi connectivity index (χ4v) is 3.45. The molecule has 1 unspecified atom stereocenters. The number of piperazine rings is 1. The third kappa shape index (κ3) is 4.70. The predicted octanol–water partition coefficient (Wildman–Crippen LogP) is 1.11. The lowest BCUT2D eigenvalue weighted by Gasteiger charge is -2.40. The highest BCUT2D eigenvalue weighted by Gasteiger charge is 2.38. The number of ether oxygens (including phenoxy) is 1. The smallest absolute Gasteiger partial charge is 0.228 e. The fraction of sp³-hybridized carbons (Fsp3) is 0.889. The van der Waals surface area contributed by atoms with Gasteiger partial charge in [-0.3, -0.25) is 9.59 Å². The van der Waals surface area contributed by atoms with Crippen LogP contribution in [0.3, 0.4) is 0 Å². The largest absolute Gasteiger partial charge is 0.375 e. The van der Waals surface area contributed by atoms with E-state index in [0.29, 0.717) is 26.1 Å². The zero-order valence-electron chi connectivity index (χ0n) is 15.9. The van der Waals surface area contributed by atoms with Crippen LogP contribution >= 0.6 is 0 Å². The summed E-state index contributed by atoms with van der Waals surface area (Å²) >= 11 is 0. The summed E-state index contributed by atoms with van der Waals surface area (Å²) in [5.41, 5.74) is -0.857. The van der Waals surface area contributed by atoms with E-state index < -0.39 is 5.41 Å². The Labute approximate surface area is 145 Å². The van der Waals surface area contributed by atoms with Crippen molar-refractivity contribution in [1.82, 2.24) is 15.1 Å². The van der Waals surface area contributed by atoms with Gasteiger partial charge in [0.05, 0.1) is 12.7 Å². The molecular weight excluding hydrogens is 306 g/mol. The van der Waals surface area contributed by atoms with Gasteiger partial charge < -0.3 is 19.9 Å². The molecule has 2 rings (SSSR count). The Morgan fingerprint density at radius 3 is 2.21 bits per heavy atom. The van der Waals surface area contributed by atoms with Gasteiger partial charge in [-0.05, 0) is 6.42 Å². The van der Waals surface area contributed by atoms with Gasteiger partial charge in [0.2, 0.25) is 11.8 Å². The SMILES string of the molecule is CC(C)(C)C(=O)N1CCOC(CC(C)(C)C(=O)N2CCNCC2)C1. The van der Waals surface area contributed by atoms with Crippen molar-refractivity contribution in [2.75, 3.05) is 45.9 Å². The first kappa shape index (κ1) is 19.2. The average Bonchev–Trinajstić information content (AvgIpc) is 2.53. The van der Waals surface area contributed by atoms with E-state index in [4.69, 9.17) is 4.74 Å². The molecule has 0 aromatic rings. The predicted molar refractivity (Wildman–Crippen MR) is 93.6 cm³/mol. The van der Waals surface area contributed by atoms with Crippen LogP contribution in [0.5, 0.6) is 0 Å². The third-order valence-electron chi connectivity index (χ3n) is 4.79. The van der Waals surface area contributed by atoms with Gasteiger partial charge in [-0.1, -0.05) is 34.6 Å². The quantitative estimate of drug-likeness (QED) is 0.837. The summed E-state index contributed by atoms with van der Waals surface area (Å²) in [6.07, 6.45) is 0.566. The average molecular weight is 339 g/mol. The summed E-state index contributed by atoms with van der Waals surface area (Å²) in [6, 6.07) is 0. The Morgan fingerprint density at radius 1 is 1.00 bits per heavy atom. The number of morpholine rings is 1. The third-order valence-corrected chi connectivity index (χ3v) is 4.79. The second-order valence-electron chi connectivity index (χ2n) is 8.62. The van der Waals surface area contributed by atoms with Gasteiger partial charge in [0.15, 0.2) is 0 Å². The molecule has 1 N–H and O–H groups in total. The first-order valence-corrected chi connectivity index (χ1v) is 9.02. The van der Waals surface area contributed by atoms with E-state index in [1.807, 2.05) is 44.4 Å².